The Kier molecular flexibility index (Phi) is 9.51. The number of ether oxygens (including phenoxy) is 1. The number of carbonyl (C=O) groups excluding carboxylic acids is 5. The smallest absolute Gasteiger partial charge is 0.258 e. The fraction of sp³-hybridized carbons (Fsp3) is 0.485. The van der Waals surface area contributed by atoms with E-state index in [1.807, 2.05) is 32.0 Å². The minimum Gasteiger partial charge on any atom is -0.484 e. The van der Waals surface area contributed by atoms with E-state index in [9.17, 15) is 24.0 Å². The summed E-state index contributed by atoms with van der Waals surface area (Å²) in [6.07, 6.45) is 2.89. The number of nitrogens with one attached hydrogen (secondary N) is 4. The zero-order chi connectivity index (χ0) is 31.4. The second kappa shape index (κ2) is 13.5. The SMILES string of the molecule is CC(C)[C@H]1NC(=O)COc2ccc(cc2)C[C@H](C(=O)N[C@H]2CCc3ccccc32)NC(=O)[C@H](C)NC(=O)[C@@H]2CCCN2C1=O. The van der Waals surface area contributed by atoms with Crippen molar-refractivity contribution in [3.63, 3.8) is 0 Å². The molecule has 234 valence electrons. The van der Waals surface area contributed by atoms with Crippen LogP contribution in [0.4, 0.5) is 0 Å². The molecule has 11 nitrogen and oxygen atoms in total. The van der Waals surface area contributed by atoms with E-state index >= 15 is 0 Å². The number of benzene rings is 2. The van der Waals surface area contributed by atoms with Gasteiger partial charge in [-0.2, -0.15) is 0 Å². The van der Waals surface area contributed by atoms with E-state index in [2.05, 4.69) is 27.3 Å². The number of nitrogens with zero attached hydrogens (tertiary/aromatic N) is 1. The van der Waals surface area contributed by atoms with Gasteiger partial charge < -0.3 is 30.9 Å². The number of hydrogen-bond donors (Lipinski definition) is 4. The molecule has 44 heavy (non-hydrogen) atoms. The normalized spacial score (nSPS) is 26.4. The van der Waals surface area contributed by atoms with Gasteiger partial charge in [0.2, 0.25) is 23.6 Å². The molecular formula is C33H41N5O6. The van der Waals surface area contributed by atoms with Crippen LogP contribution in [0.25, 0.3) is 0 Å². The van der Waals surface area contributed by atoms with E-state index in [1.165, 1.54) is 10.5 Å². The van der Waals surface area contributed by atoms with Crippen LogP contribution in [-0.4, -0.2) is 71.8 Å². The first-order valence-corrected chi connectivity index (χ1v) is 15.4. The summed E-state index contributed by atoms with van der Waals surface area (Å²) < 4.78 is 5.68. The van der Waals surface area contributed by atoms with Gasteiger partial charge in [0.05, 0.1) is 6.04 Å². The van der Waals surface area contributed by atoms with Gasteiger partial charge >= 0.3 is 0 Å². The lowest BCUT2D eigenvalue weighted by atomic mass is 10.0. The Bertz CT molecular complexity index is 1410. The van der Waals surface area contributed by atoms with Crippen molar-refractivity contribution < 1.29 is 28.7 Å². The molecule has 0 spiro atoms. The first-order chi connectivity index (χ1) is 21.1. The van der Waals surface area contributed by atoms with Crippen LogP contribution < -0.4 is 26.0 Å². The Morgan fingerprint density at radius 3 is 2.45 bits per heavy atom. The van der Waals surface area contributed by atoms with Crippen molar-refractivity contribution in [1.29, 1.82) is 0 Å². The fourth-order valence-electron chi connectivity index (χ4n) is 6.18. The number of aryl methyl sites for hydroxylation is 1. The summed E-state index contributed by atoms with van der Waals surface area (Å²) in [4.78, 5) is 68.2. The van der Waals surface area contributed by atoms with E-state index in [0.717, 1.165) is 24.0 Å². The zero-order valence-corrected chi connectivity index (χ0v) is 25.4. The Labute approximate surface area is 257 Å². The van der Waals surface area contributed by atoms with Crippen molar-refractivity contribution >= 4 is 29.5 Å². The largest absolute Gasteiger partial charge is 0.484 e. The summed E-state index contributed by atoms with van der Waals surface area (Å²) in [5, 5.41) is 11.5. The lowest BCUT2D eigenvalue weighted by Gasteiger charge is -2.31. The minimum atomic E-state index is -0.957. The topological polar surface area (TPSA) is 146 Å². The van der Waals surface area contributed by atoms with Crippen LogP contribution in [0.5, 0.6) is 5.75 Å². The van der Waals surface area contributed by atoms with Gasteiger partial charge in [-0.05, 0) is 67.3 Å². The van der Waals surface area contributed by atoms with Crippen LogP contribution in [0.2, 0.25) is 0 Å². The van der Waals surface area contributed by atoms with Crippen LogP contribution in [0.1, 0.15) is 62.8 Å². The predicted octanol–water partition coefficient (Wildman–Crippen LogP) is 1.55. The first kappa shape index (κ1) is 31.0. The molecule has 2 aromatic rings. The summed E-state index contributed by atoms with van der Waals surface area (Å²) >= 11 is 0. The fourth-order valence-corrected chi connectivity index (χ4v) is 6.18. The molecule has 2 aromatic carbocycles. The van der Waals surface area contributed by atoms with Crippen LogP contribution >= 0.6 is 0 Å². The molecule has 1 fully saturated rings. The van der Waals surface area contributed by atoms with Crippen molar-refractivity contribution in [2.75, 3.05) is 13.2 Å². The third-order valence-corrected chi connectivity index (χ3v) is 8.66. The molecule has 11 heteroatoms. The highest BCUT2D eigenvalue weighted by Gasteiger charge is 2.39. The second-order valence-corrected chi connectivity index (χ2v) is 12.2. The molecule has 6 rings (SSSR count). The molecule has 4 aliphatic rings. The number of rotatable bonds is 3. The van der Waals surface area contributed by atoms with Gasteiger partial charge in [0.1, 0.15) is 29.9 Å². The summed E-state index contributed by atoms with van der Waals surface area (Å²) in [6, 6.07) is 11.3. The van der Waals surface area contributed by atoms with Crippen LogP contribution in [0.15, 0.2) is 48.5 Å². The van der Waals surface area contributed by atoms with Crippen molar-refractivity contribution in [2.45, 2.75) is 83.1 Å². The quantitative estimate of drug-likeness (QED) is 0.419. The standard InChI is InChI=1S/C33H41N5O6/c1-19(2)29-33(43)38-16-6-9-27(38)32(42)34-20(3)30(40)36-26(17-21-10-13-23(14-11-21)44-18-28(39)37-29)31(41)35-25-15-12-22-7-4-5-8-24(22)25/h4-5,7-8,10-11,13-14,19-20,25-27,29H,6,9,12,15-18H2,1-3H3,(H,34,42)(H,35,41)(H,36,40)(H,37,39)/t20-,25-,26+,27-,29+/m0/s1. The molecule has 5 atom stereocenters. The third-order valence-electron chi connectivity index (χ3n) is 8.66. The highest BCUT2D eigenvalue weighted by molar-refractivity contribution is 5.96. The molecule has 0 radical (unpaired) electrons. The number of fused-ring (bicyclic) bond motifs is 14. The summed E-state index contributed by atoms with van der Waals surface area (Å²) in [6.45, 7) is 5.29. The maximum atomic E-state index is 13.6. The molecule has 1 aliphatic carbocycles. The Morgan fingerprint density at radius 2 is 1.70 bits per heavy atom. The highest BCUT2D eigenvalue weighted by atomic mass is 16.5. The van der Waals surface area contributed by atoms with E-state index in [0.29, 0.717) is 25.1 Å². The second-order valence-electron chi connectivity index (χ2n) is 12.2. The van der Waals surface area contributed by atoms with Crippen LogP contribution in [-0.2, 0) is 36.8 Å². The van der Waals surface area contributed by atoms with Gasteiger partial charge in [0.15, 0.2) is 6.61 Å². The van der Waals surface area contributed by atoms with Gasteiger partial charge in [-0.25, -0.2) is 0 Å². The lowest BCUT2D eigenvalue weighted by molar-refractivity contribution is -0.143. The molecule has 0 unspecified atom stereocenters. The molecule has 5 amide bonds. The van der Waals surface area contributed by atoms with Crippen molar-refractivity contribution in [1.82, 2.24) is 26.2 Å². The summed E-state index contributed by atoms with van der Waals surface area (Å²) in [5.41, 5.74) is 3.04. The molecule has 0 saturated carbocycles. The van der Waals surface area contributed by atoms with Crippen molar-refractivity contribution in [3.05, 3.63) is 65.2 Å². The van der Waals surface area contributed by atoms with Crippen molar-refractivity contribution in [2.24, 2.45) is 5.92 Å². The van der Waals surface area contributed by atoms with Crippen LogP contribution in [0, 0.1) is 5.92 Å². The van der Waals surface area contributed by atoms with Gasteiger partial charge in [-0.3, -0.25) is 24.0 Å². The Morgan fingerprint density at radius 1 is 0.955 bits per heavy atom. The molecule has 0 aromatic heterocycles. The first-order valence-electron chi connectivity index (χ1n) is 15.4. The van der Waals surface area contributed by atoms with E-state index in [1.54, 1.807) is 31.2 Å². The van der Waals surface area contributed by atoms with Gasteiger partial charge in [-0.1, -0.05) is 50.2 Å². The molecule has 4 N–H and O–H groups in total. The average molecular weight is 604 g/mol. The van der Waals surface area contributed by atoms with Crippen molar-refractivity contribution in [3.8, 4) is 5.75 Å². The highest BCUT2D eigenvalue weighted by Crippen LogP contribution is 2.31. The number of carbonyl (C=O) groups is 5. The minimum absolute atomic E-state index is 0.160. The molecule has 2 bridgehead atoms. The third kappa shape index (κ3) is 7.03. The zero-order valence-electron chi connectivity index (χ0n) is 25.4. The number of amides is 5. The lowest BCUT2D eigenvalue weighted by Crippen LogP contribution is -2.58. The molecule has 1 saturated heterocycles. The maximum Gasteiger partial charge on any atom is 0.258 e. The van der Waals surface area contributed by atoms with Gasteiger partial charge in [0, 0.05) is 13.0 Å². The Hall–Kier alpha value is -4.41. The van der Waals surface area contributed by atoms with Gasteiger partial charge in [0.25, 0.3) is 5.91 Å². The molecule has 3 aliphatic heterocycles. The maximum absolute atomic E-state index is 13.6. The molecular weight excluding hydrogens is 562 g/mol. The van der Waals surface area contributed by atoms with E-state index in [4.69, 9.17) is 4.74 Å². The Balaban J connectivity index is 1.38. The molecule has 3 heterocycles. The predicted molar refractivity (Wildman–Crippen MR) is 162 cm³/mol. The average Bonchev–Trinajstić information content (AvgIpc) is 3.66. The monoisotopic (exact) mass is 603 g/mol. The van der Waals surface area contributed by atoms with E-state index < -0.39 is 41.9 Å². The van der Waals surface area contributed by atoms with E-state index in [-0.39, 0.29) is 36.8 Å². The van der Waals surface area contributed by atoms with Crippen LogP contribution in [0.3, 0.4) is 0 Å². The number of hydrogen-bond acceptors (Lipinski definition) is 6. The summed E-state index contributed by atoms with van der Waals surface area (Å²) in [5.74, 6) is -1.87. The van der Waals surface area contributed by atoms with Gasteiger partial charge in [-0.15, -0.1) is 0 Å². The summed E-state index contributed by atoms with van der Waals surface area (Å²) in [7, 11) is 0.